The van der Waals surface area contributed by atoms with Gasteiger partial charge in [0.2, 0.25) is 4.96 Å². The molecule has 0 fully saturated rings. The van der Waals surface area contributed by atoms with Crippen LogP contribution in [0.1, 0.15) is 25.6 Å². The smallest absolute Gasteiger partial charge is 0.235 e. The van der Waals surface area contributed by atoms with Gasteiger partial charge in [-0.1, -0.05) is 43.4 Å². The number of para-hydroxylation sites is 1. The lowest BCUT2D eigenvalue weighted by Crippen LogP contribution is -1.98. The van der Waals surface area contributed by atoms with E-state index >= 15 is 0 Å². The molecule has 7 heteroatoms. The molecule has 0 bridgehead atoms. The number of pyridine rings is 1. The van der Waals surface area contributed by atoms with E-state index in [1.165, 1.54) is 11.3 Å². The molecule has 0 atom stereocenters. The van der Waals surface area contributed by atoms with Crippen LogP contribution in [-0.4, -0.2) is 31.9 Å². The van der Waals surface area contributed by atoms with Crippen molar-refractivity contribution in [3.05, 3.63) is 36.2 Å². The van der Waals surface area contributed by atoms with Crippen molar-refractivity contribution in [3.8, 4) is 16.5 Å². The zero-order valence-corrected chi connectivity index (χ0v) is 13.8. The number of fused-ring (bicyclic) bond motifs is 2. The van der Waals surface area contributed by atoms with Gasteiger partial charge in [0, 0.05) is 11.3 Å². The fourth-order valence-electron chi connectivity index (χ4n) is 2.50. The Balaban J connectivity index is 1.88. The first-order valence-electron chi connectivity index (χ1n) is 7.33. The molecule has 4 rings (SSSR count). The monoisotopic (exact) mass is 325 g/mol. The van der Waals surface area contributed by atoms with Crippen molar-refractivity contribution in [2.75, 3.05) is 7.11 Å². The number of ether oxygens (including phenoxy) is 1. The van der Waals surface area contributed by atoms with Crippen molar-refractivity contribution in [3.63, 3.8) is 0 Å². The average Bonchev–Trinajstić information content (AvgIpc) is 3.13. The molecule has 0 radical (unpaired) electrons. The van der Waals surface area contributed by atoms with Crippen LogP contribution >= 0.6 is 11.3 Å². The molecule has 116 valence electrons. The molecular weight excluding hydrogens is 310 g/mol. The third kappa shape index (κ3) is 2.24. The molecule has 3 aromatic heterocycles. The van der Waals surface area contributed by atoms with Crippen LogP contribution in [0, 0.1) is 0 Å². The largest absolute Gasteiger partial charge is 0.494 e. The van der Waals surface area contributed by atoms with Crippen molar-refractivity contribution in [2.45, 2.75) is 19.8 Å². The lowest BCUT2D eigenvalue weighted by Gasteiger charge is -2.05. The Hall–Kier alpha value is -2.54. The summed E-state index contributed by atoms with van der Waals surface area (Å²) < 4.78 is 7.21. The number of methoxy groups -OCH3 is 1. The highest BCUT2D eigenvalue weighted by Gasteiger charge is 2.16. The highest BCUT2D eigenvalue weighted by atomic mass is 32.1. The fraction of sp³-hybridized carbons (Fsp3) is 0.250. The number of nitrogens with zero attached hydrogens (tertiary/aromatic N) is 5. The predicted octanol–water partition coefficient (Wildman–Crippen LogP) is 3.53. The molecule has 0 aliphatic rings. The Morgan fingerprint density at radius 3 is 2.78 bits per heavy atom. The lowest BCUT2D eigenvalue weighted by atomic mass is 10.2. The highest BCUT2D eigenvalue weighted by Crippen LogP contribution is 2.30. The van der Waals surface area contributed by atoms with Crippen LogP contribution in [0.25, 0.3) is 26.6 Å². The minimum absolute atomic E-state index is 0.268. The van der Waals surface area contributed by atoms with Gasteiger partial charge in [-0.05, 0) is 12.1 Å². The van der Waals surface area contributed by atoms with Gasteiger partial charge in [0.15, 0.2) is 10.8 Å². The van der Waals surface area contributed by atoms with E-state index in [1.54, 1.807) is 11.6 Å². The second-order valence-corrected chi connectivity index (χ2v) is 6.50. The molecule has 4 aromatic rings. The normalized spacial score (nSPS) is 11.7. The van der Waals surface area contributed by atoms with Gasteiger partial charge in [0.1, 0.15) is 17.0 Å². The van der Waals surface area contributed by atoms with Gasteiger partial charge in [-0.2, -0.15) is 9.61 Å². The van der Waals surface area contributed by atoms with Gasteiger partial charge in [-0.25, -0.2) is 4.98 Å². The molecule has 0 aliphatic carbocycles. The minimum atomic E-state index is 0.268. The van der Waals surface area contributed by atoms with E-state index in [2.05, 4.69) is 29.1 Å². The molecule has 0 aliphatic heterocycles. The van der Waals surface area contributed by atoms with E-state index in [9.17, 15) is 0 Å². The molecule has 0 N–H and O–H groups in total. The standard InChI is InChI=1S/C16H15N5OS/c1-9(2)14-18-19-16-21(14)20-15(23-16)11-8-7-10-5-4-6-12(22-3)13(10)17-11/h4-9H,1-3H3. The summed E-state index contributed by atoms with van der Waals surface area (Å²) in [7, 11) is 1.65. The number of benzene rings is 1. The molecule has 0 saturated heterocycles. The van der Waals surface area contributed by atoms with Gasteiger partial charge >= 0.3 is 0 Å². The maximum Gasteiger partial charge on any atom is 0.235 e. The number of rotatable bonds is 3. The first kappa shape index (κ1) is 14.1. The van der Waals surface area contributed by atoms with Crippen molar-refractivity contribution < 1.29 is 4.74 Å². The highest BCUT2D eigenvalue weighted by molar-refractivity contribution is 7.19. The van der Waals surface area contributed by atoms with Crippen LogP contribution in [0.2, 0.25) is 0 Å². The van der Waals surface area contributed by atoms with E-state index < -0.39 is 0 Å². The first-order valence-corrected chi connectivity index (χ1v) is 8.15. The molecule has 6 nitrogen and oxygen atoms in total. The van der Waals surface area contributed by atoms with E-state index in [1.807, 2.05) is 30.3 Å². The fourth-order valence-corrected chi connectivity index (χ4v) is 3.32. The van der Waals surface area contributed by atoms with Gasteiger partial charge < -0.3 is 4.74 Å². The third-order valence-corrected chi connectivity index (χ3v) is 4.57. The first-order chi connectivity index (χ1) is 11.2. The van der Waals surface area contributed by atoms with E-state index in [-0.39, 0.29) is 5.92 Å². The Morgan fingerprint density at radius 2 is 2.00 bits per heavy atom. The molecule has 3 heterocycles. The maximum absolute atomic E-state index is 5.41. The zero-order valence-electron chi connectivity index (χ0n) is 13.0. The van der Waals surface area contributed by atoms with Gasteiger partial charge in [-0.3, -0.25) is 0 Å². The molecule has 0 saturated carbocycles. The Kier molecular flexibility index (Phi) is 3.23. The van der Waals surface area contributed by atoms with Gasteiger partial charge in [0.05, 0.1) is 7.11 Å². The molecule has 0 amide bonds. The summed E-state index contributed by atoms with van der Waals surface area (Å²) in [4.78, 5) is 5.51. The molecule has 0 unspecified atom stereocenters. The van der Waals surface area contributed by atoms with Gasteiger partial charge in [0.25, 0.3) is 0 Å². The van der Waals surface area contributed by atoms with Gasteiger partial charge in [-0.15, -0.1) is 10.2 Å². The lowest BCUT2D eigenvalue weighted by molar-refractivity contribution is 0.419. The third-order valence-electron chi connectivity index (χ3n) is 3.65. The predicted molar refractivity (Wildman–Crippen MR) is 90.0 cm³/mol. The van der Waals surface area contributed by atoms with Crippen LogP contribution < -0.4 is 4.74 Å². The summed E-state index contributed by atoms with van der Waals surface area (Å²) in [6, 6.07) is 9.90. The Bertz CT molecular complexity index is 1000. The van der Waals surface area contributed by atoms with E-state index in [0.717, 1.165) is 38.1 Å². The molecule has 0 spiro atoms. The topological polar surface area (TPSA) is 65.2 Å². The maximum atomic E-state index is 5.41. The van der Waals surface area contributed by atoms with Crippen LogP contribution in [0.5, 0.6) is 5.75 Å². The molecular formula is C16H15N5OS. The zero-order chi connectivity index (χ0) is 16.0. The second-order valence-electron chi connectivity index (χ2n) is 5.54. The van der Waals surface area contributed by atoms with Crippen molar-refractivity contribution in [1.82, 2.24) is 24.8 Å². The van der Waals surface area contributed by atoms with Crippen LogP contribution in [0.15, 0.2) is 30.3 Å². The summed E-state index contributed by atoms with van der Waals surface area (Å²) in [5, 5.41) is 14.9. The Morgan fingerprint density at radius 1 is 1.13 bits per heavy atom. The number of aromatic nitrogens is 5. The summed E-state index contributed by atoms with van der Waals surface area (Å²) >= 11 is 1.49. The van der Waals surface area contributed by atoms with Crippen molar-refractivity contribution >= 4 is 27.2 Å². The van der Waals surface area contributed by atoms with Crippen LogP contribution in [-0.2, 0) is 0 Å². The van der Waals surface area contributed by atoms with Crippen molar-refractivity contribution in [2.24, 2.45) is 0 Å². The Labute approximate surface area is 136 Å². The number of hydrogen-bond donors (Lipinski definition) is 0. The summed E-state index contributed by atoms with van der Waals surface area (Å²) in [5.41, 5.74) is 1.65. The van der Waals surface area contributed by atoms with Crippen molar-refractivity contribution in [1.29, 1.82) is 0 Å². The average molecular weight is 325 g/mol. The van der Waals surface area contributed by atoms with E-state index in [0.29, 0.717) is 0 Å². The summed E-state index contributed by atoms with van der Waals surface area (Å²) in [6.45, 7) is 4.16. The minimum Gasteiger partial charge on any atom is -0.494 e. The van der Waals surface area contributed by atoms with E-state index in [4.69, 9.17) is 9.72 Å². The molecule has 23 heavy (non-hydrogen) atoms. The summed E-state index contributed by atoms with van der Waals surface area (Å²) in [5.74, 6) is 1.89. The second kappa shape index (κ2) is 5.27. The van der Waals surface area contributed by atoms with Crippen LogP contribution in [0.4, 0.5) is 0 Å². The summed E-state index contributed by atoms with van der Waals surface area (Å²) in [6.07, 6.45) is 0. The quantitative estimate of drug-likeness (QED) is 0.576. The number of hydrogen-bond acceptors (Lipinski definition) is 6. The SMILES string of the molecule is COc1cccc2ccc(-c3nn4c(C(C)C)nnc4s3)nc12. The molecule has 1 aromatic carbocycles. The van der Waals surface area contributed by atoms with Crippen LogP contribution in [0.3, 0.4) is 0 Å².